The number of alkyl halides is 3. The molecule has 2 aromatic rings. The Hall–Kier alpha value is -2.87. The summed E-state index contributed by atoms with van der Waals surface area (Å²) in [5, 5.41) is 2.21. The minimum absolute atomic E-state index is 0.289. The number of halogens is 3. The maximum Gasteiger partial charge on any atom is 0.405 e. The first-order chi connectivity index (χ1) is 19.3. The van der Waals surface area contributed by atoms with E-state index in [1.165, 1.54) is 32.1 Å². The molecule has 1 saturated carbocycles. The molecule has 216 valence electrons. The van der Waals surface area contributed by atoms with Gasteiger partial charge in [-0.3, -0.25) is 14.5 Å². The van der Waals surface area contributed by atoms with E-state index in [4.69, 9.17) is 0 Å². The van der Waals surface area contributed by atoms with Gasteiger partial charge in [-0.1, -0.05) is 74.2 Å². The Morgan fingerprint density at radius 3 is 2.05 bits per heavy atom. The van der Waals surface area contributed by atoms with Crippen LogP contribution in [-0.2, 0) is 15.0 Å². The van der Waals surface area contributed by atoms with Crippen LogP contribution in [0.5, 0.6) is 0 Å². The molecule has 1 aliphatic heterocycles. The number of unbranched alkanes of at least 4 members (excludes halogenated alkanes) is 1. The maximum absolute atomic E-state index is 13.6. The fraction of sp³-hybridized carbons (Fsp3) is 0.562. The molecule has 0 bridgehead atoms. The van der Waals surface area contributed by atoms with Crippen LogP contribution in [0.3, 0.4) is 0 Å². The summed E-state index contributed by atoms with van der Waals surface area (Å²) in [6.07, 6.45) is 4.30. The summed E-state index contributed by atoms with van der Waals surface area (Å²) in [6, 6.07) is 15.2. The number of fused-ring (bicyclic) bond motifs is 3. The molecule has 2 aromatic carbocycles. The molecule has 2 aliphatic carbocycles. The summed E-state index contributed by atoms with van der Waals surface area (Å²) in [6.45, 7) is 2.65. The molecule has 40 heavy (non-hydrogen) atoms. The second-order valence-electron chi connectivity index (χ2n) is 11.7. The summed E-state index contributed by atoms with van der Waals surface area (Å²) in [7, 11) is 0. The van der Waals surface area contributed by atoms with Gasteiger partial charge in [0.25, 0.3) is 0 Å². The molecule has 1 heterocycles. The van der Waals surface area contributed by atoms with E-state index in [0.717, 1.165) is 61.4 Å². The highest BCUT2D eigenvalue weighted by Crippen LogP contribution is 2.51. The lowest BCUT2D eigenvalue weighted by Gasteiger charge is -2.36. The molecule has 8 heteroatoms. The van der Waals surface area contributed by atoms with Gasteiger partial charge in [0.2, 0.25) is 11.8 Å². The van der Waals surface area contributed by atoms with Gasteiger partial charge in [-0.25, -0.2) is 0 Å². The Morgan fingerprint density at radius 2 is 1.45 bits per heavy atom. The highest BCUT2D eigenvalue weighted by Gasteiger charge is 2.49. The number of benzene rings is 2. The van der Waals surface area contributed by atoms with E-state index in [2.05, 4.69) is 10.2 Å². The Balaban J connectivity index is 1.20. The first-order valence-electron chi connectivity index (χ1n) is 14.8. The molecule has 0 spiro atoms. The minimum Gasteiger partial charge on any atom is -0.346 e. The first-order valence-corrected chi connectivity index (χ1v) is 14.8. The molecule has 1 N–H and O–H groups in total. The number of nitrogens with zero attached hydrogens (tertiary/aromatic N) is 2. The number of nitrogens with one attached hydrogen (secondary N) is 1. The molecular formula is C32H40F3N3O2. The largest absolute Gasteiger partial charge is 0.405 e. The second kappa shape index (κ2) is 12.3. The summed E-state index contributed by atoms with van der Waals surface area (Å²) < 4.78 is 39.2. The Morgan fingerprint density at radius 1 is 0.850 bits per heavy atom. The second-order valence-corrected chi connectivity index (χ2v) is 11.7. The molecule has 3 aliphatic rings. The molecule has 5 rings (SSSR count). The van der Waals surface area contributed by atoms with Gasteiger partial charge in [0.1, 0.15) is 12.0 Å². The average molecular weight is 556 g/mol. The SMILES string of the molecule is O=C(CC1CCCCC1)N1CCN(CCCCC2(C(=O)NCC(F)(F)F)c3ccccc3-c3ccccc32)CC1. The Kier molecular flexibility index (Phi) is 8.83. The van der Waals surface area contributed by atoms with E-state index in [0.29, 0.717) is 25.2 Å². The number of piperazine rings is 1. The molecule has 0 atom stereocenters. The van der Waals surface area contributed by atoms with Crippen molar-refractivity contribution < 1.29 is 22.8 Å². The molecule has 5 nitrogen and oxygen atoms in total. The van der Waals surface area contributed by atoms with Crippen LogP contribution in [0.4, 0.5) is 13.2 Å². The smallest absolute Gasteiger partial charge is 0.346 e. The summed E-state index contributed by atoms with van der Waals surface area (Å²) in [5.41, 5.74) is 2.23. The predicted molar refractivity (Wildman–Crippen MR) is 150 cm³/mol. The van der Waals surface area contributed by atoms with E-state index in [1.807, 2.05) is 53.4 Å². The van der Waals surface area contributed by atoms with Gasteiger partial charge in [-0.05, 0) is 60.4 Å². The third-order valence-electron chi connectivity index (χ3n) is 9.09. The number of hydrogen-bond acceptors (Lipinski definition) is 3. The van der Waals surface area contributed by atoms with E-state index >= 15 is 0 Å². The number of rotatable bonds is 9. The number of carbonyl (C=O) groups excluding carboxylic acids is 2. The summed E-state index contributed by atoms with van der Waals surface area (Å²) in [4.78, 5) is 30.8. The predicted octanol–water partition coefficient (Wildman–Crippen LogP) is 5.92. The van der Waals surface area contributed by atoms with Crippen molar-refractivity contribution in [2.24, 2.45) is 5.92 Å². The average Bonchev–Trinajstić information content (AvgIpc) is 3.25. The van der Waals surface area contributed by atoms with Crippen LogP contribution in [0.2, 0.25) is 0 Å². The monoisotopic (exact) mass is 555 g/mol. The molecule has 0 aromatic heterocycles. The third kappa shape index (κ3) is 6.22. The normalized spacial score (nSPS) is 19.2. The molecule has 1 saturated heterocycles. The Bertz CT molecular complexity index is 1140. The highest BCUT2D eigenvalue weighted by molar-refractivity contribution is 6.00. The minimum atomic E-state index is -4.48. The van der Waals surface area contributed by atoms with Crippen LogP contribution in [0.15, 0.2) is 48.5 Å². The summed E-state index contributed by atoms with van der Waals surface area (Å²) in [5.74, 6) is 0.245. The van der Waals surface area contributed by atoms with Crippen LogP contribution < -0.4 is 5.32 Å². The number of amides is 2. The summed E-state index contributed by atoms with van der Waals surface area (Å²) >= 11 is 0. The fourth-order valence-corrected chi connectivity index (χ4v) is 7.00. The van der Waals surface area contributed by atoms with Crippen LogP contribution in [0.1, 0.15) is 68.9 Å². The number of hydrogen-bond donors (Lipinski definition) is 1. The zero-order valence-corrected chi connectivity index (χ0v) is 23.1. The lowest BCUT2D eigenvalue weighted by atomic mass is 9.73. The fourth-order valence-electron chi connectivity index (χ4n) is 7.00. The maximum atomic E-state index is 13.6. The van der Waals surface area contributed by atoms with Crippen molar-refractivity contribution in [3.05, 3.63) is 59.7 Å². The van der Waals surface area contributed by atoms with E-state index in [-0.39, 0.29) is 5.91 Å². The van der Waals surface area contributed by atoms with Gasteiger partial charge in [0.15, 0.2) is 0 Å². The zero-order chi connectivity index (χ0) is 28.2. The van der Waals surface area contributed by atoms with E-state index in [9.17, 15) is 22.8 Å². The van der Waals surface area contributed by atoms with Gasteiger partial charge in [-0.15, -0.1) is 0 Å². The molecule has 2 fully saturated rings. The van der Waals surface area contributed by atoms with Crippen molar-refractivity contribution >= 4 is 11.8 Å². The van der Waals surface area contributed by atoms with Crippen molar-refractivity contribution in [1.29, 1.82) is 0 Å². The quantitative estimate of drug-likeness (QED) is 0.391. The van der Waals surface area contributed by atoms with Gasteiger partial charge in [0.05, 0.1) is 0 Å². The third-order valence-corrected chi connectivity index (χ3v) is 9.09. The number of carbonyl (C=O) groups is 2. The highest BCUT2D eigenvalue weighted by atomic mass is 19.4. The van der Waals surface area contributed by atoms with Crippen LogP contribution in [0.25, 0.3) is 11.1 Å². The van der Waals surface area contributed by atoms with E-state index in [1.54, 1.807) is 0 Å². The zero-order valence-electron chi connectivity index (χ0n) is 23.1. The van der Waals surface area contributed by atoms with Gasteiger partial charge in [-0.2, -0.15) is 13.2 Å². The molecule has 0 radical (unpaired) electrons. The van der Waals surface area contributed by atoms with Crippen molar-refractivity contribution in [2.75, 3.05) is 39.3 Å². The first kappa shape index (κ1) is 28.7. The van der Waals surface area contributed by atoms with Crippen LogP contribution in [0, 0.1) is 5.92 Å². The lowest BCUT2D eigenvalue weighted by Crippen LogP contribution is -2.49. The molecular weight excluding hydrogens is 515 g/mol. The van der Waals surface area contributed by atoms with Crippen molar-refractivity contribution in [3.8, 4) is 11.1 Å². The topological polar surface area (TPSA) is 52.7 Å². The van der Waals surface area contributed by atoms with Gasteiger partial charge < -0.3 is 10.2 Å². The van der Waals surface area contributed by atoms with Crippen molar-refractivity contribution in [3.63, 3.8) is 0 Å². The van der Waals surface area contributed by atoms with Crippen molar-refractivity contribution in [2.45, 2.75) is 69.4 Å². The molecule has 2 amide bonds. The van der Waals surface area contributed by atoms with Crippen molar-refractivity contribution in [1.82, 2.24) is 15.1 Å². The van der Waals surface area contributed by atoms with Gasteiger partial charge >= 0.3 is 6.18 Å². The lowest BCUT2D eigenvalue weighted by molar-refractivity contribution is -0.141. The Labute approximate surface area is 235 Å². The van der Waals surface area contributed by atoms with E-state index < -0.39 is 24.0 Å². The standard InChI is InChI=1S/C32H40F3N3O2/c33-32(34,35)23-36-30(40)31(27-14-6-4-12-25(27)26-13-5-7-15-28(26)31)16-8-9-17-37-18-20-38(21-19-37)29(39)22-24-10-2-1-3-11-24/h4-7,12-15,24H,1-3,8-11,16-23H2,(H,36,40). The van der Waals surface area contributed by atoms with Gasteiger partial charge in [0, 0.05) is 32.6 Å². The van der Waals surface area contributed by atoms with Crippen LogP contribution in [-0.4, -0.2) is 67.1 Å². The van der Waals surface area contributed by atoms with Crippen LogP contribution >= 0.6 is 0 Å². The molecule has 0 unspecified atom stereocenters.